The Labute approximate surface area is 123 Å². The van der Waals surface area contributed by atoms with Gasteiger partial charge in [-0.2, -0.15) is 0 Å². The number of ether oxygens (including phenoxy) is 1. The minimum absolute atomic E-state index is 0.149. The number of nitrogens with zero attached hydrogens (tertiary/aromatic N) is 1. The molecular formula is C17H28N2O. The molecule has 1 N–H and O–H groups in total. The number of piperidine rings is 1. The fraction of sp³-hybridized carbons (Fsp3) is 0.647. The quantitative estimate of drug-likeness (QED) is 0.890. The van der Waals surface area contributed by atoms with Gasteiger partial charge in [-0.15, -0.1) is 0 Å². The van der Waals surface area contributed by atoms with E-state index in [1.807, 2.05) is 0 Å². The SMILES string of the molecule is CO[C@H](C)c1cccc(N[C@@H](C)C2CCN(C)CC2)c1. The van der Waals surface area contributed by atoms with Crippen molar-refractivity contribution in [2.75, 3.05) is 32.6 Å². The van der Waals surface area contributed by atoms with Crippen molar-refractivity contribution >= 4 is 5.69 Å². The van der Waals surface area contributed by atoms with Gasteiger partial charge in [0.05, 0.1) is 6.10 Å². The fourth-order valence-electron chi connectivity index (χ4n) is 2.93. The van der Waals surface area contributed by atoms with Crippen LogP contribution in [0.2, 0.25) is 0 Å². The van der Waals surface area contributed by atoms with E-state index < -0.39 is 0 Å². The molecule has 0 aromatic heterocycles. The lowest BCUT2D eigenvalue weighted by atomic mass is 9.90. The first-order valence-corrected chi connectivity index (χ1v) is 7.68. The van der Waals surface area contributed by atoms with Gasteiger partial charge in [-0.3, -0.25) is 0 Å². The van der Waals surface area contributed by atoms with Crippen molar-refractivity contribution in [1.29, 1.82) is 0 Å². The topological polar surface area (TPSA) is 24.5 Å². The van der Waals surface area contributed by atoms with Crippen molar-refractivity contribution in [3.8, 4) is 0 Å². The highest BCUT2D eigenvalue weighted by Crippen LogP contribution is 2.24. The second-order valence-electron chi connectivity index (χ2n) is 6.08. The summed E-state index contributed by atoms with van der Waals surface area (Å²) in [6, 6.07) is 9.11. The predicted octanol–water partition coefficient (Wildman–Crippen LogP) is 3.54. The molecule has 112 valence electrons. The van der Waals surface area contributed by atoms with Crippen molar-refractivity contribution in [3.05, 3.63) is 29.8 Å². The average Bonchev–Trinajstić information content (AvgIpc) is 2.47. The first-order chi connectivity index (χ1) is 9.60. The van der Waals surface area contributed by atoms with Crippen LogP contribution < -0.4 is 5.32 Å². The van der Waals surface area contributed by atoms with Gasteiger partial charge in [-0.1, -0.05) is 12.1 Å². The molecule has 1 aliphatic heterocycles. The zero-order chi connectivity index (χ0) is 14.5. The minimum Gasteiger partial charge on any atom is -0.382 e. The zero-order valence-corrected chi connectivity index (χ0v) is 13.2. The molecule has 0 aliphatic carbocycles. The van der Waals surface area contributed by atoms with E-state index in [1.54, 1.807) is 7.11 Å². The molecule has 0 saturated carbocycles. The van der Waals surface area contributed by atoms with Crippen LogP contribution in [0, 0.1) is 5.92 Å². The molecule has 1 aliphatic rings. The fourth-order valence-corrected chi connectivity index (χ4v) is 2.93. The van der Waals surface area contributed by atoms with Crippen LogP contribution in [0.3, 0.4) is 0 Å². The van der Waals surface area contributed by atoms with Crippen LogP contribution in [0.5, 0.6) is 0 Å². The number of hydrogen-bond acceptors (Lipinski definition) is 3. The Bertz CT molecular complexity index is 413. The van der Waals surface area contributed by atoms with Gasteiger partial charge < -0.3 is 15.0 Å². The van der Waals surface area contributed by atoms with Gasteiger partial charge in [0.1, 0.15) is 0 Å². The summed E-state index contributed by atoms with van der Waals surface area (Å²) in [5.41, 5.74) is 2.44. The maximum Gasteiger partial charge on any atom is 0.0793 e. The summed E-state index contributed by atoms with van der Waals surface area (Å²) >= 11 is 0. The largest absolute Gasteiger partial charge is 0.382 e. The number of anilines is 1. The first kappa shape index (κ1) is 15.3. The molecule has 3 nitrogen and oxygen atoms in total. The number of nitrogens with one attached hydrogen (secondary N) is 1. The Balaban J connectivity index is 1.95. The van der Waals surface area contributed by atoms with Gasteiger partial charge in [-0.25, -0.2) is 0 Å². The Morgan fingerprint density at radius 3 is 2.60 bits per heavy atom. The molecule has 0 amide bonds. The molecule has 0 unspecified atom stereocenters. The van der Waals surface area contributed by atoms with Gasteiger partial charge in [0.2, 0.25) is 0 Å². The van der Waals surface area contributed by atoms with Crippen LogP contribution >= 0.6 is 0 Å². The molecule has 1 fully saturated rings. The monoisotopic (exact) mass is 276 g/mol. The highest BCUT2D eigenvalue weighted by molar-refractivity contribution is 5.47. The van der Waals surface area contributed by atoms with Gasteiger partial charge in [0, 0.05) is 18.8 Å². The lowest BCUT2D eigenvalue weighted by Gasteiger charge is -2.33. The molecule has 2 atom stereocenters. The number of methoxy groups -OCH3 is 1. The maximum atomic E-state index is 5.39. The molecule has 0 spiro atoms. The van der Waals surface area contributed by atoms with Gasteiger partial charge >= 0.3 is 0 Å². The minimum atomic E-state index is 0.149. The van der Waals surface area contributed by atoms with Crippen molar-refractivity contribution in [3.63, 3.8) is 0 Å². The van der Waals surface area contributed by atoms with Crippen LogP contribution in [-0.4, -0.2) is 38.2 Å². The van der Waals surface area contributed by atoms with E-state index in [0.717, 1.165) is 5.92 Å². The van der Waals surface area contributed by atoms with Gasteiger partial charge in [-0.05, 0) is 70.4 Å². The third-order valence-electron chi connectivity index (χ3n) is 4.57. The highest BCUT2D eigenvalue weighted by atomic mass is 16.5. The molecule has 1 heterocycles. The number of hydrogen-bond donors (Lipinski definition) is 1. The highest BCUT2D eigenvalue weighted by Gasteiger charge is 2.22. The zero-order valence-electron chi connectivity index (χ0n) is 13.2. The van der Waals surface area contributed by atoms with Gasteiger partial charge in [0.25, 0.3) is 0 Å². The summed E-state index contributed by atoms with van der Waals surface area (Å²) in [6.45, 7) is 6.83. The van der Waals surface area contributed by atoms with E-state index in [1.165, 1.54) is 37.2 Å². The second-order valence-corrected chi connectivity index (χ2v) is 6.08. The summed E-state index contributed by atoms with van der Waals surface area (Å²) < 4.78 is 5.39. The van der Waals surface area contributed by atoms with Crippen LogP contribution in [0.4, 0.5) is 5.69 Å². The molecule has 1 aromatic carbocycles. The lowest BCUT2D eigenvalue weighted by Crippen LogP contribution is -2.37. The Morgan fingerprint density at radius 1 is 1.25 bits per heavy atom. The molecule has 0 radical (unpaired) electrons. The smallest absolute Gasteiger partial charge is 0.0793 e. The van der Waals surface area contributed by atoms with Crippen molar-refractivity contribution < 1.29 is 4.74 Å². The maximum absolute atomic E-state index is 5.39. The lowest BCUT2D eigenvalue weighted by molar-refractivity contribution is 0.119. The average molecular weight is 276 g/mol. The molecule has 2 rings (SSSR count). The van der Waals surface area contributed by atoms with E-state index in [9.17, 15) is 0 Å². The molecule has 1 saturated heterocycles. The Hall–Kier alpha value is -1.06. The van der Waals surface area contributed by atoms with Crippen LogP contribution in [0.25, 0.3) is 0 Å². The predicted molar refractivity (Wildman–Crippen MR) is 85.2 cm³/mol. The first-order valence-electron chi connectivity index (χ1n) is 7.68. The molecule has 0 bridgehead atoms. The van der Waals surface area contributed by atoms with Crippen LogP contribution in [0.15, 0.2) is 24.3 Å². The van der Waals surface area contributed by atoms with E-state index in [2.05, 4.69) is 55.4 Å². The van der Waals surface area contributed by atoms with Crippen molar-refractivity contribution in [2.24, 2.45) is 5.92 Å². The summed E-state index contributed by atoms with van der Waals surface area (Å²) in [5, 5.41) is 3.67. The normalized spacial score (nSPS) is 20.6. The van der Waals surface area contributed by atoms with Crippen LogP contribution in [-0.2, 0) is 4.74 Å². The molecule has 3 heteroatoms. The number of rotatable bonds is 5. The Morgan fingerprint density at radius 2 is 1.95 bits per heavy atom. The standard InChI is InChI=1S/C17H28N2O/c1-13(15-8-10-19(3)11-9-15)18-17-7-5-6-16(12-17)14(2)20-4/h5-7,12-15,18H,8-11H2,1-4H3/t13-,14+/m0/s1. The van der Waals surface area contributed by atoms with E-state index >= 15 is 0 Å². The number of benzene rings is 1. The van der Waals surface area contributed by atoms with Crippen molar-refractivity contribution in [1.82, 2.24) is 4.90 Å². The third kappa shape index (κ3) is 3.97. The summed E-state index contributed by atoms with van der Waals surface area (Å²) in [4.78, 5) is 2.42. The Kier molecular flexibility index (Phi) is 5.44. The van der Waals surface area contributed by atoms with E-state index in [0.29, 0.717) is 6.04 Å². The van der Waals surface area contributed by atoms with Crippen molar-refractivity contribution in [2.45, 2.75) is 38.8 Å². The molecular weight excluding hydrogens is 248 g/mol. The second kappa shape index (κ2) is 7.09. The van der Waals surface area contributed by atoms with Crippen LogP contribution in [0.1, 0.15) is 38.4 Å². The van der Waals surface area contributed by atoms with E-state index in [-0.39, 0.29) is 6.10 Å². The summed E-state index contributed by atoms with van der Waals surface area (Å²) in [6.07, 6.45) is 2.73. The van der Waals surface area contributed by atoms with Gasteiger partial charge in [0.15, 0.2) is 0 Å². The third-order valence-corrected chi connectivity index (χ3v) is 4.57. The molecule has 20 heavy (non-hydrogen) atoms. The summed E-state index contributed by atoms with van der Waals surface area (Å²) in [7, 11) is 3.97. The summed E-state index contributed by atoms with van der Waals surface area (Å²) in [5.74, 6) is 0.773. The molecule has 1 aromatic rings. The van der Waals surface area contributed by atoms with E-state index in [4.69, 9.17) is 4.74 Å². The number of likely N-dealkylation sites (tertiary alicyclic amines) is 1.